The number of methoxy groups -OCH3 is 2. The van der Waals surface area contributed by atoms with E-state index in [9.17, 15) is 4.79 Å². The Bertz CT molecular complexity index is 799. The monoisotopic (exact) mass is 408 g/mol. The van der Waals surface area contributed by atoms with Gasteiger partial charge in [-0.3, -0.25) is 0 Å². The fraction of sp³-hybridized carbons (Fsp3) is 0.263. The van der Waals surface area contributed by atoms with E-state index in [0.29, 0.717) is 28.0 Å². The van der Waals surface area contributed by atoms with E-state index in [4.69, 9.17) is 38.0 Å². The smallest absolute Gasteiger partial charge is 0.337 e. The standard InChI is InChI=1S/C19H21ClN2O4S/c1-12(11-26-15-7-5-14(24-2)6-8-15)21-19(27)22-17-10-13(18(23)25-3)4-9-16(17)20/h4-10,12H,11H2,1-3H3,(H2,21,22,27)/t12-/m1/s1. The summed E-state index contributed by atoms with van der Waals surface area (Å²) in [5.41, 5.74) is 0.892. The van der Waals surface area contributed by atoms with E-state index in [0.717, 1.165) is 11.5 Å². The highest BCUT2D eigenvalue weighted by atomic mass is 35.5. The lowest BCUT2D eigenvalue weighted by Crippen LogP contribution is -2.39. The average molecular weight is 409 g/mol. The molecule has 1 atom stereocenters. The molecule has 6 nitrogen and oxygen atoms in total. The summed E-state index contributed by atoms with van der Waals surface area (Å²) in [6.07, 6.45) is 0. The summed E-state index contributed by atoms with van der Waals surface area (Å²) in [4.78, 5) is 11.6. The number of benzene rings is 2. The van der Waals surface area contributed by atoms with Gasteiger partial charge in [-0.1, -0.05) is 11.6 Å². The van der Waals surface area contributed by atoms with Crippen LogP contribution in [0.3, 0.4) is 0 Å². The number of anilines is 1. The van der Waals surface area contributed by atoms with Crippen molar-refractivity contribution in [2.24, 2.45) is 0 Å². The molecule has 0 saturated carbocycles. The number of rotatable bonds is 7. The Labute approximate surface area is 168 Å². The topological polar surface area (TPSA) is 68.8 Å². The maximum absolute atomic E-state index is 11.6. The number of carbonyl (C=O) groups is 1. The van der Waals surface area contributed by atoms with Gasteiger partial charge in [0.1, 0.15) is 18.1 Å². The Morgan fingerprint density at radius 3 is 2.44 bits per heavy atom. The van der Waals surface area contributed by atoms with Crippen molar-refractivity contribution in [1.29, 1.82) is 0 Å². The zero-order valence-electron chi connectivity index (χ0n) is 15.2. The minimum absolute atomic E-state index is 0.0605. The fourth-order valence-electron chi connectivity index (χ4n) is 2.18. The Morgan fingerprint density at radius 1 is 1.15 bits per heavy atom. The van der Waals surface area contributed by atoms with Crippen molar-refractivity contribution in [1.82, 2.24) is 5.32 Å². The molecule has 0 amide bonds. The highest BCUT2D eigenvalue weighted by Crippen LogP contribution is 2.23. The molecular formula is C19H21ClN2O4S. The molecule has 0 bridgehead atoms. The van der Waals surface area contributed by atoms with Crippen molar-refractivity contribution < 1.29 is 19.0 Å². The van der Waals surface area contributed by atoms with E-state index >= 15 is 0 Å². The van der Waals surface area contributed by atoms with Crippen LogP contribution in [0.15, 0.2) is 42.5 Å². The molecule has 8 heteroatoms. The van der Waals surface area contributed by atoms with Gasteiger partial charge in [-0.05, 0) is 61.6 Å². The number of hydrogen-bond donors (Lipinski definition) is 2. The summed E-state index contributed by atoms with van der Waals surface area (Å²) in [5, 5.41) is 6.89. The van der Waals surface area contributed by atoms with Crippen LogP contribution in [0.5, 0.6) is 11.5 Å². The second kappa shape index (κ2) is 9.99. The number of carbonyl (C=O) groups excluding carboxylic acids is 1. The molecule has 0 aliphatic rings. The van der Waals surface area contributed by atoms with Crippen LogP contribution in [0, 0.1) is 0 Å². The number of esters is 1. The SMILES string of the molecule is COC(=O)c1ccc(Cl)c(NC(=S)N[C@H](C)COc2ccc(OC)cc2)c1. The molecule has 2 N–H and O–H groups in total. The molecule has 0 aliphatic carbocycles. The Morgan fingerprint density at radius 2 is 1.81 bits per heavy atom. The lowest BCUT2D eigenvalue weighted by atomic mass is 10.2. The minimum Gasteiger partial charge on any atom is -0.497 e. The second-order valence-corrected chi connectivity index (χ2v) is 6.49. The molecule has 2 aromatic rings. The molecule has 27 heavy (non-hydrogen) atoms. The van der Waals surface area contributed by atoms with Crippen molar-refractivity contribution >= 4 is 40.6 Å². The zero-order valence-corrected chi connectivity index (χ0v) is 16.8. The molecule has 0 heterocycles. The van der Waals surface area contributed by atoms with Crippen molar-refractivity contribution in [3.63, 3.8) is 0 Å². The van der Waals surface area contributed by atoms with Gasteiger partial charge in [0.25, 0.3) is 0 Å². The third kappa shape index (κ3) is 6.30. The first-order valence-electron chi connectivity index (χ1n) is 8.15. The number of nitrogens with one attached hydrogen (secondary N) is 2. The van der Waals surface area contributed by atoms with Gasteiger partial charge in [-0.15, -0.1) is 0 Å². The highest BCUT2D eigenvalue weighted by molar-refractivity contribution is 7.80. The van der Waals surface area contributed by atoms with E-state index < -0.39 is 5.97 Å². The highest BCUT2D eigenvalue weighted by Gasteiger charge is 2.11. The summed E-state index contributed by atoms with van der Waals surface area (Å²) in [5.74, 6) is 1.05. The van der Waals surface area contributed by atoms with E-state index in [2.05, 4.69) is 10.6 Å². The Kier molecular flexibility index (Phi) is 7.69. The van der Waals surface area contributed by atoms with Crippen molar-refractivity contribution in [2.75, 3.05) is 26.1 Å². The third-order valence-electron chi connectivity index (χ3n) is 3.57. The number of ether oxygens (including phenoxy) is 3. The summed E-state index contributed by atoms with van der Waals surface area (Å²) in [6, 6.07) is 12.0. The largest absolute Gasteiger partial charge is 0.497 e. The molecule has 0 aromatic heterocycles. The van der Waals surface area contributed by atoms with Gasteiger partial charge >= 0.3 is 5.97 Å². The van der Waals surface area contributed by atoms with Crippen LogP contribution in [0.1, 0.15) is 17.3 Å². The van der Waals surface area contributed by atoms with Gasteiger partial charge < -0.3 is 24.8 Å². The lowest BCUT2D eigenvalue weighted by molar-refractivity contribution is 0.0601. The maximum atomic E-state index is 11.6. The van der Waals surface area contributed by atoms with Gasteiger partial charge in [-0.25, -0.2) is 4.79 Å². The molecule has 0 saturated heterocycles. The molecular weight excluding hydrogens is 388 g/mol. The van der Waals surface area contributed by atoms with Crippen LogP contribution < -0.4 is 20.1 Å². The maximum Gasteiger partial charge on any atom is 0.337 e. The fourth-order valence-corrected chi connectivity index (χ4v) is 2.66. The van der Waals surface area contributed by atoms with Gasteiger partial charge in [0.2, 0.25) is 0 Å². The first kappa shape index (κ1) is 20.8. The minimum atomic E-state index is -0.449. The summed E-state index contributed by atoms with van der Waals surface area (Å²) in [6.45, 7) is 2.34. The second-order valence-electron chi connectivity index (χ2n) is 5.67. The van der Waals surface area contributed by atoms with Crippen LogP contribution in [-0.2, 0) is 4.74 Å². The van der Waals surface area contributed by atoms with Crippen LogP contribution in [0.4, 0.5) is 5.69 Å². The van der Waals surface area contributed by atoms with Crippen LogP contribution in [0.25, 0.3) is 0 Å². The Balaban J connectivity index is 1.88. The summed E-state index contributed by atoms with van der Waals surface area (Å²) in [7, 11) is 2.93. The molecule has 0 radical (unpaired) electrons. The summed E-state index contributed by atoms with van der Waals surface area (Å²) >= 11 is 11.5. The van der Waals surface area contributed by atoms with E-state index in [1.54, 1.807) is 25.3 Å². The van der Waals surface area contributed by atoms with Gasteiger partial charge in [0.15, 0.2) is 5.11 Å². The lowest BCUT2D eigenvalue weighted by Gasteiger charge is -2.18. The predicted octanol–water partition coefficient (Wildman–Crippen LogP) is 3.89. The molecule has 0 fully saturated rings. The van der Waals surface area contributed by atoms with Crippen LogP contribution in [0.2, 0.25) is 5.02 Å². The molecule has 0 unspecified atom stereocenters. The normalized spacial score (nSPS) is 11.3. The van der Waals surface area contributed by atoms with E-state index in [1.165, 1.54) is 7.11 Å². The summed E-state index contributed by atoms with van der Waals surface area (Å²) < 4.78 is 15.5. The predicted molar refractivity (Wildman–Crippen MR) is 110 cm³/mol. The number of thiocarbonyl (C=S) groups is 1. The van der Waals surface area contributed by atoms with Crippen molar-refractivity contribution in [2.45, 2.75) is 13.0 Å². The molecule has 0 spiro atoms. The third-order valence-corrected chi connectivity index (χ3v) is 4.12. The molecule has 2 aromatic carbocycles. The number of halogens is 1. The van der Waals surface area contributed by atoms with Crippen molar-refractivity contribution in [3.05, 3.63) is 53.1 Å². The molecule has 2 rings (SSSR count). The molecule has 144 valence electrons. The van der Waals surface area contributed by atoms with Gasteiger partial charge in [-0.2, -0.15) is 0 Å². The zero-order chi connectivity index (χ0) is 19.8. The van der Waals surface area contributed by atoms with Crippen LogP contribution >= 0.6 is 23.8 Å². The van der Waals surface area contributed by atoms with Crippen LogP contribution in [-0.4, -0.2) is 38.0 Å². The first-order valence-corrected chi connectivity index (χ1v) is 8.93. The van der Waals surface area contributed by atoms with Crippen molar-refractivity contribution in [3.8, 4) is 11.5 Å². The first-order chi connectivity index (χ1) is 12.9. The quantitative estimate of drug-likeness (QED) is 0.532. The van der Waals surface area contributed by atoms with Gasteiger partial charge in [0.05, 0.1) is 36.5 Å². The molecule has 0 aliphatic heterocycles. The number of hydrogen-bond acceptors (Lipinski definition) is 5. The van der Waals surface area contributed by atoms with E-state index in [1.807, 2.05) is 31.2 Å². The van der Waals surface area contributed by atoms with Gasteiger partial charge in [0, 0.05) is 0 Å². The average Bonchev–Trinajstić information content (AvgIpc) is 2.67. The Hall–Kier alpha value is -2.51. The van der Waals surface area contributed by atoms with E-state index in [-0.39, 0.29) is 6.04 Å².